The summed E-state index contributed by atoms with van der Waals surface area (Å²) in [6, 6.07) is 0. The van der Waals surface area contributed by atoms with Crippen molar-refractivity contribution in [2.45, 2.75) is 11.8 Å². The van der Waals surface area contributed by atoms with Gasteiger partial charge >= 0.3 is 0 Å². The van der Waals surface area contributed by atoms with Gasteiger partial charge in [0.15, 0.2) is 0 Å². The molecule has 1 fully saturated rings. The van der Waals surface area contributed by atoms with Crippen molar-refractivity contribution in [3.63, 3.8) is 0 Å². The third kappa shape index (κ3) is 5.12. The van der Waals surface area contributed by atoms with E-state index < -0.39 is 0 Å². The summed E-state index contributed by atoms with van der Waals surface area (Å²) >= 11 is 5.85. The summed E-state index contributed by atoms with van der Waals surface area (Å²) in [7, 11) is 0. The molecule has 0 aromatic rings. The Hall–Kier alpha value is -0.360. The van der Waals surface area contributed by atoms with Gasteiger partial charge in [-0.3, -0.25) is 4.79 Å². The molecule has 0 spiro atoms. The molecule has 16 heavy (non-hydrogen) atoms. The molecular weight excluding hydrogens is 234 g/mol. The van der Waals surface area contributed by atoms with Crippen molar-refractivity contribution in [1.29, 1.82) is 0 Å². The molecule has 0 saturated carbocycles. The van der Waals surface area contributed by atoms with Crippen molar-refractivity contribution in [2.75, 3.05) is 46.1 Å². The fraction of sp³-hybridized carbons (Fsp3) is 0.900. The molecule has 1 saturated heterocycles. The second-order valence-corrected chi connectivity index (χ2v) is 4.21. The highest BCUT2D eigenvalue weighted by molar-refractivity contribution is 6.22. The highest BCUT2D eigenvalue weighted by Crippen LogP contribution is 2.15. The summed E-state index contributed by atoms with van der Waals surface area (Å²) in [5, 5.41) is 8.39. The first kappa shape index (κ1) is 13.7. The average molecular weight is 252 g/mol. The second-order valence-electron chi connectivity index (χ2n) is 3.59. The highest BCUT2D eigenvalue weighted by atomic mass is 35.5. The molecule has 0 bridgehead atoms. The number of hydrogen-bond acceptors (Lipinski definition) is 4. The van der Waals surface area contributed by atoms with Crippen LogP contribution in [-0.4, -0.2) is 67.4 Å². The van der Waals surface area contributed by atoms with Gasteiger partial charge in [-0.05, 0) is 0 Å². The Bertz CT molecular complexity index is 215. The molecule has 94 valence electrons. The van der Waals surface area contributed by atoms with E-state index >= 15 is 0 Å². The van der Waals surface area contributed by atoms with Crippen LogP contribution >= 0.6 is 11.6 Å². The number of alkyl halides is 1. The van der Waals surface area contributed by atoms with E-state index in [2.05, 4.69) is 0 Å². The number of amides is 1. The van der Waals surface area contributed by atoms with E-state index in [4.69, 9.17) is 26.2 Å². The normalized spacial score (nSPS) is 20.8. The van der Waals surface area contributed by atoms with Crippen molar-refractivity contribution >= 4 is 17.5 Å². The first-order valence-corrected chi connectivity index (χ1v) is 5.86. The quantitative estimate of drug-likeness (QED) is 0.482. The minimum atomic E-state index is -0.0552. The molecule has 0 aliphatic carbocycles. The molecule has 1 aliphatic heterocycles. The molecule has 1 amide bonds. The zero-order chi connectivity index (χ0) is 11.8. The van der Waals surface area contributed by atoms with Crippen LogP contribution < -0.4 is 0 Å². The van der Waals surface area contributed by atoms with Gasteiger partial charge in [-0.2, -0.15) is 0 Å². The molecule has 5 nitrogen and oxygen atoms in total. The maximum absolute atomic E-state index is 11.3. The van der Waals surface area contributed by atoms with Crippen LogP contribution in [0.5, 0.6) is 0 Å². The van der Waals surface area contributed by atoms with Gasteiger partial charge in [0.25, 0.3) is 0 Å². The van der Waals surface area contributed by atoms with E-state index in [1.807, 2.05) is 0 Å². The summed E-state index contributed by atoms with van der Waals surface area (Å²) in [6.07, 6.45) is 0.432. The Labute approximate surface area is 100 Å². The number of carbonyl (C=O) groups excluding carboxylic acids is 1. The Morgan fingerprint density at radius 2 is 2.00 bits per heavy atom. The van der Waals surface area contributed by atoms with Gasteiger partial charge < -0.3 is 19.5 Å². The molecule has 1 heterocycles. The summed E-state index contributed by atoms with van der Waals surface area (Å²) < 4.78 is 10.3. The lowest BCUT2D eigenvalue weighted by Crippen LogP contribution is -2.29. The van der Waals surface area contributed by atoms with Crippen LogP contribution in [0.4, 0.5) is 0 Å². The number of carbonyl (C=O) groups is 1. The van der Waals surface area contributed by atoms with Gasteiger partial charge in [-0.1, -0.05) is 0 Å². The second kappa shape index (κ2) is 7.84. The van der Waals surface area contributed by atoms with Gasteiger partial charge in [0.2, 0.25) is 5.91 Å². The molecule has 1 aliphatic rings. The number of rotatable bonds is 8. The minimum absolute atomic E-state index is 0.0272. The van der Waals surface area contributed by atoms with E-state index in [1.54, 1.807) is 4.90 Å². The topological polar surface area (TPSA) is 59.0 Å². The summed E-state index contributed by atoms with van der Waals surface area (Å²) in [4.78, 5) is 13.0. The van der Waals surface area contributed by atoms with Crippen molar-refractivity contribution in [1.82, 2.24) is 4.90 Å². The molecule has 6 heteroatoms. The lowest BCUT2D eigenvalue weighted by atomic mass is 10.4. The first-order chi connectivity index (χ1) is 7.74. The highest BCUT2D eigenvalue weighted by Gasteiger charge is 2.27. The third-order valence-corrected chi connectivity index (χ3v) is 2.57. The Morgan fingerprint density at radius 1 is 1.31 bits per heavy atom. The molecular formula is C10H18ClNO4. The monoisotopic (exact) mass is 251 g/mol. The fourth-order valence-corrected chi connectivity index (χ4v) is 1.80. The van der Waals surface area contributed by atoms with Crippen molar-refractivity contribution in [2.24, 2.45) is 0 Å². The van der Waals surface area contributed by atoms with Crippen molar-refractivity contribution in [3.05, 3.63) is 0 Å². The number of likely N-dealkylation sites (tertiary alicyclic amines) is 1. The van der Waals surface area contributed by atoms with Crippen LogP contribution in [0, 0.1) is 0 Å². The zero-order valence-corrected chi connectivity index (χ0v) is 9.99. The van der Waals surface area contributed by atoms with Crippen LogP contribution in [0.2, 0.25) is 0 Å². The standard InChI is InChI=1S/C10H18ClNO4/c11-9-7-10(14)12(8-9)1-3-15-5-6-16-4-2-13/h9,13H,1-8H2. The van der Waals surface area contributed by atoms with E-state index in [9.17, 15) is 4.79 Å². The van der Waals surface area contributed by atoms with Gasteiger partial charge in [0, 0.05) is 19.5 Å². The van der Waals surface area contributed by atoms with Crippen molar-refractivity contribution in [3.8, 4) is 0 Å². The maximum Gasteiger partial charge on any atom is 0.224 e. The number of ether oxygens (including phenoxy) is 2. The van der Waals surface area contributed by atoms with Gasteiger partial charge in [0.1, 0.15) is 0 Å². The first-order valence-electron chi connectivity index (χ1n) is 5.42. The minimum Gasteiger partial charge on any atom is -0.394 e. The van der Waals surface area contributed by atoms with Crippen LogP contribution in [-0.2, 0) is 14.3 Å². The lowest BCUT2D eigenvalue weighted by molar-refractivity contribution is -0.128. The van der Waals surface area contributed by atoms with Crippen LogP contribution in [0.3, 0.4) is 0 Å². The van der Waals surface area contributed by atoms with Gasteiger partial charge in [0.05, 0.1) is 38.4 Å². The van der Waals surface area contributed by atoms with E-state index in [0.29, 0.717) is 45.9 Å². The number of aliphatic hydroxyl groups excluding tert-OH is 1. The Balaban J connectivity index is 1.93. The predicted octanol–water partition coefficient (Wildman–Crippen LogP) is -0.148. The molecule has 0 aromatic carbocycles. The predicted molar refractivity (Wildman–Crippen MR) is 59.6 cm³/mol. The third-order valence-electron chi connectivity index (χ3n) is 2.28. The number of aliphatic hydroxyl groups is 1. The van der Waals surface area contributed by atoms with E-state index in [-0.39, 0.29) is 17.9 Å². The van der Waals surface area contributed by atoms with E-state index in [1.165, 1.54) is 0 Å². The Kier molecular flexibility index (Phi) is 6.71. The van der Waals surface area contributed by atoms with Crippen LogP contribution in [0.15, 0.2) is 0 Å². The zero-order valence-electron chi connectivity index (χ0n) is 9.23. The van der Waals surface area contributed by atoms with Crippen LogP contribution in [0.25, 0.3) is 0 Å². The Morgan fingerprint density at radius 3 is 2.56 bits per heavy atom. The lowest BCUT2D eigenvalue weighted by Gasteiger charge is -2.15. The van der Waals surface area contributed by atoms with Crippen LogP contribution in [0.1, 0.15) is 6.42 Å². The smallest absolute Gasteiger partial charge is 0.224 e. The largest absolute Gasteiger partial charge is 0.394 e. The number of halogens is 1. The molecule has 0 radical (unpaired) electrons. The molecule has 1 unspecified atom stereocenters. The summed E-state index contributed by atoms with van der Waals surface area (Å²) in [6.45, 7) is 3.00. The fourth-order valence-electron chi connectivity index (χ4n) is 1.50. The summed E-state index contributed by atoms with van der Waals surface area (Å²) in [5.41, 5.74) is 0. The summed E-state index contributed by atoms with van der Waals surface area (Å²) in [5.74, 6) is 0.0973. The van der Waals surface area contributed by atoms with E-state index in [0.717, 1.165) is 0 Å². The van der Waals surface area contributed by atoms with Gasteiger partial charge in [-0.25, -0.2) is 0 Å². The molecule has 1 rings (SSSR count). The maximum atomic E-state index is 11.3. The molecule has 1 atom stereocenters. The number of hydrogen-bond donors (Lipinski definition) is 1. The van der Waals surface area contributed by atoms with Crippen molar-refractivity contribution < 1.29 is 19.4 Å². The molecule has 0 aromatic heterocycles. The molecule has 1 N–H and O–H groups in total. The SMILES string of the molecule is O=C1CC(Cl)CN1CCOCCOCCO. The van der Waals surface area contributed by atoms with Gasteiger partial charge in [-0.15, -0.1) is 11.6 Å². The average Bonchev–Trinajstić information content (AvgIpc) is 2.56. The number of nitrogens with zero attached hydrogens (tertiary/aromatic N) is 1.